The molecule has 1 unspecified atom stereocenters. The van der Waals surface area contributed by atoms with Crippen LogP contribution in [0, 0.1) is 0 Å². The lowest BCUT2D eigenvalue weighted by Crippen LogP contribution is -2.42. The van der Waals surface area contributed by atoms with Crippen LogP contribution in [0.25, 0.3) is 0 Å². The molecule has 1 atom stereocenters. The molecule has 0 radical (unpaired) electrons. The van der Waals surface area contributed by atoms with Gasteiger partial charge in [-0.2, -0.15) is 5.10 Å². The minimum Gasteiger partial charge on any atom is -0.426 e. The molecule has 0 aromatic carbocycles. The summed E-state index contributed by atoms with van der Waals surface area (Å²) in [6, 6.07) is 0.232. The number of nitrogens with zero attached hydrogens (tertiary/aromatic N) is 5. The third-order valence-electron chi connectivity index (χ3n) is 5.46. The highest BCUT2D eigenvalue weighted by atomic mass is 16.5. The summed E-state index contributed by atoms with van der Waals surface area (Å²) < 4.78 is 6.11. The van der Waals surface area contributed by atoms with Crippen LogP contribution in [0.1, 0.15) is 38.2 Å². The Kier molecular flexibility index (Phi) is 8.02. The number of nitrogens with one attached hydrogen (secondary N) is 1. The minimum absolute atomic E-state index is 0.242. The van der Waals surface area contributed by atoms with Crippen LogP contribution in [0.4, 0.5) is 0 Å². The van der Waals surface area contributed by atoms with Crippen LogP contribution >= 0.6 is 0 Å². The highest BCUT2D eigenvalue weighted by molar-refractivity contribution is 5.81. The van der Waals surface area contributed by atoms with E-state index in [0.717, 1.165) is 34.8 Å². The van der Waals surface area contributed by atoms with Crippen molar-refractivity contribution in [3.05, 3.63) is 102 Å². The van der Waals surface area contributed by atoms with E-state index < -0.39 is 0 Å². The molecule has 172 valence electrons. The van der Waals surface area contributed by atoms with Gasteiger partial charge < -0.3 is 14.6 Å². The molecule has 0 saturated carbocycles. The first-order chi connectivity index (χ1) is 16.0. The minimum atomic E-state index is -0.242. The Balaban J connectivity index is 1.88. The maximum absolute atomic E-state index is 6.11. The number of ether oxygens (including phenoxy) is 1. The van der Waals surface area contributed by atoms with Crippen LogP contribution in [0.2, 0.25) is 0 Å². The number of allylic oxidation sites excluding steroid dienone is 10. The van der Waals surface area contributed by atoms with E-state index >= 15 is 0 Å². The number of H-pyrrole nitrogens is 1. The van der Waals surface area contributed by atoms with Gasteiger partial charge >= 0.3 is 0 Å². The lowest BCUT2D eigenvalue weighted by molar-refractivity contribution is 0.263. The lowest BCUT2D eigenvalue weighted by atomic mass is 10.0. The van der Waals surface area contributed by atoms with Crippen molar-refractivity contribution < 1.29 is 4.74 Å². The Morgan fingerprint density at radius 1 is 1.36 bits per heavy atom. The van der Waals surface area contributed by atoms with Crippen LogP contribution < -0.4 is 0 Å². The number of fused-ring (bicyclic) bond motifs is 1. The van der Waals surface area contributed by atoms with E-state index in [1.165, 1.54) is 0 Å². The molecule has 1 aromatic heterocycles. The Bertz CT molecular complexity index is 1100. The van der Waals surface area contributed by atoms with Gasteiger partial charge in [-0.25, -0.2) is 15.0 Å². The van der Waals surface area contributed by atoms with Gasteiger partial charge in [0.25, 0.3) is 6.02 Å². The zero-order chi connectivity index (χ0) is 23.8. The van der Waals surface area contributed by atoms with Crippen LogP contribution in [0.5, 0.6) is 0 Å². The standard InChI is InChI=1S/C26H32N6O/c1-7-9-10-12-19(3)21(5)33-26(27-6)31-16-15-23-25(29-18-28-23)24(31)17-30-32-20(4)13-11-14-22(32)8-2/h7-14,17-18,24H,1,5,15-16H2,2-4,6H3,(H,28,29)/b10-9-,19-12+,22-8-,27-26-,30-17+. The largest absolute Gasteiger partial charge is 0.426 e. The molecule has 0 spiro atoms. The molecule has 1 N–H and O–H groups in total. The fourth-order valence-corrected chi connectivity index (χ4v) is 3.60. The van der Waals surface area contributed by atoms with Gasteiger partial charge in [-0.05, 0) is 38.5 Å². The molecule has 0 bridgehead atoms. The van der Waals surface area contributed by atoms with E-state index in [4.69, 9.17) is 9.84 Å². The van der Waals surface area contributed by atoms with Gasteiger partial charge in [0.15, 0.2) is 0 Å². The van der Waals surface area contributed by atoms with Crippen molar-refractivity contribution in [2.45, 2.75) is 33.2 Å². The summed E-state index contributed by atoms with van der Waals surface area (Å²) in [7, 11) is 1.72. The zero-order valence-electron chi connectivity index (χ0n) is 19.8. The molecule has 0 aliphatic carbocycles. The average Bonchev–Trinajstić information content (AvgIpc) is 3.30. The number of hydrogen-bond acceptors (Lipinski definition) is 5. The lowest BCUT2D eigenvalue weighted by Gasteiger charge is -2.35. The van der Waals surface area contributed by atoms with Crippen LogP contribution in [0.3, 0.4) is 0 Å². The number of hydrazone groups is 1. The van der Waals surface area contributed by atoms with Gasteiger partial charge in [0.1, 0.15) is 11.8 Å². The van der Waals surface area contributed by atoms with E-state index in [0.29, 0.717) is 18.3 Å². The van der Waals surface area contributed by atoms with Crippen molar-refractivity contribution in [1.29, 1.82) is 0 Å². The van der Waals surface area contributed by atoms with Crippen molar-refractivity contribution in [3.63, 3.8) is 0 Å². The first kappa shape index (κ1) is 23.8. The van der Waals surface area contributed by atoms with E-state index in [-0.39, 0.29) is 6.04 Å². The van der Waals surface area contributed by atoms with Crippen molar-refractivity contribution in [2.75, 3.05) is 13.6 Å². The summed E-state index contributed by atoms with van der Waals surface area (Å²) in [5.41, 5.74) is 4.96. The number of amidine groups is 1. The predicted molar refractivity (Wildman–Crippen MR) is 135 cm³/mol. The summed E-state index contributed by atoms with van der Waals surface area (Å²) in [5, 5.41) is 6.73. The summed E-state index contributed by atoms with van der Waals surface area (Å²) >= 11 is 0. The normalized spacial score (nSPS) is 20.5. The molecule has 33 heavy (non-hydrogen) atoms. The maximum atomic E-state index is 6.11. The molecule has 0 fully saturated rings. The highest BCUT2D eigenvalue weighted by Gasteiger charge is 2.32. The summed E-state index contributed by atoms with van der Waals surface area (Å²) in [6.07, 6.45) is 19.9. The number of aromatic amines is 1. The molecule has 0 saturated heterocycles. The van der Waals surface area contributed by atoms with Crippen LogP contribution in [-0.2, 0) is 11.2 Å². The quantitative estimate of drug-likeness (QED) is 0.284. The van der Waals surface area contributed by atoms with Crippen molar-refractivity contribution in [1.82, 2.24) is 19.9 Å². The number of hydrogen-bond donors (Lipinski definition) is 1. The summed E-state index contributed by atoms with van der Waals surface area (Å²) in [6.45, 7) is 14.4. The maximum Gasteiger partial charge on any atom is 0.293 e. The van der Waals surface area contributed by atoms with Crippen molar-refractivity contribution in [3.8, 4) is 0 Å². The van der Waals surface area contributed by atoms with Crippen molar-refractivity contribution >= 4 is 12.2 Å². The summed E-state index contributed by atoms with van der Waals surface area (Å²) in [4.78, 5) is 14.3. The number of rotatable bonds is 6. The smallest absolute Gasteiger partial charge is 0.293 e. The predicted octanol–water partition coefficient (Wildman–Crippen LogP) is 5.18. The monoisotopic (exact) mass is 444 g/mol. The molecule has 2 aliphatic heterocycles. The van der Waals surface area contributed by atoms with E-state index in [9.17, 15) is 0 Å². The first-order valence-corrected chi connectivity index (χ1v) is 10.9. The first-order valence-electron chi connectivity index (χ1n) is 10.9. The topological polar surface area (TPSA) is 69.1 Å². The second-order valence-corrected chi connectivity index (χ2v) is 7.61. The van der Waals surface area contributed by atoms with E-state index in [1.54, 1.807) is 19.5 Å². The summed E-state index contributed by atoms with van der Waals surface area (Å²) in [5.74, 6) is 0.531. The van der Waals surface area contributed by atoms with Crippen molar-refractivity contribution in [2.24, 2.45) is 10.1 Å². The molecular formula is C26H32N6O. The number of imidazole rings is 1. The van der Waals surface area contributed by atoms with E-state index in [2.05, 4.69) is 33.0 Å². The molecule has 3 heterocycles. The third-order valence-corrected chi connectivity index (χ3v) is 5.46. The Morgan fingerprint density at radius 2 is 2.18 bits per heavy atom. The molecule has 3 rings (SSSR count). The second kappa shape index (κ2) is 11.1. The Hall–Kier alpha value is -3.87. The molecule has 1 aromatic rings. The van der Waals surface area contributed by atoms with Gasteiger partial charge in [0.05, 0.1) is 23.9 Å². The van der Waals surface area contributed by atoms with Gasteiger partial charge in [-0.1, -0.05) is 49.6 Å². The average molecular weight is 445 g/mol. The molecule has 2 aliphatic rings. The van der Waals surface area contributed by atoms with Gasteiger partial charge in [-0.15, -0.1) is 0 Å². The molecule has 7 nitrogen and oxygen atoms in total. The SMILES string of the molecule is C=C/C=C\C=C(/C)C(=C)O/C(=N\C)N1CCc2[nH]cnc2C1/C=N/N1C(C)=CC=C/C1=C/C. The Morgan fingerprint density at radius 3 is 2.91 bits per heavy atom. The fourth-order valence-electron chi connectivity index (χ4n) is 3.60. The zero-order valence-corrected chi connectivity index (χ0v) is 19.8. The fraction of sp³-hybridized carbons (Fsp3) is 0.269. The second-order valence-electron chi connectivity index (χ2n) is 7.61. The molecule has 0 amide bonds. The van der Waals surface area contributed by atoms with Gasteiger partial charge in [0, 0.05) is 31.4 Å². The Labute approximate surface area is 196 Å². The highest BCUT2D eigenvalue weighted by Crippen LogP contribution is 2.29. The molecule has 7 heteroatoms. The van der Waals surface area contributed by atoms with E-state index in [1.807, 2.05) is 74.5 Å². The van der Waals surface area contributed by atoms with Gasteiger partial charge in [0.2, 0.25) is 0 Å². The van der Waals surface area contributed by atoms with Crippen LogP contribution in [-0.4, -0.2) is 45.7 Å². The molecular weight excluding hydrogens is 412 g/mol. The van der Waals surface area contributed by atoms with Gasteiger partial charge in [-0.3, -0.25) is 0 Å². The van der Waals surface area contributed by atoms with Crippen LogP contribution in [0.15, 0.2) is 101 Å². The number of aromatic nitrogens is 2. The number of aliphatic imine (C=N–C) groups is 1. The third kappa shape index (κ3) is 5.49.